The third kappa shape index (κ3) is 7.92. The van der Waals surface area contributed by atoms with Crippen LogP contribution < -0.4 is 5.32 Å². The molecule has 0 spiro atoms. The van der Waals surface area contributed by atoms with E-state index in [0.29, 0.717) is 0 Å². The first kappa shape index (κ1) is 16.1. The van der Waals surface area contributed by atoms with Gasteiger partial charge in [-0.3, -0.25) is 0 Å². The van der Waals surface area contributed by atoms with Crippen LogP contribution in [0.5, 0.6) is 0 Å². The second kappa shape index (κ2) is 10.9. The van der Waals surface area contributed by atoms with Gasteiger partial charge < -0.3 is 5.32 Å². The Bertz CT molecular complexity index is 319. The number of unbranched alkanes of at least 4 members (excludes halogenated alkanes) is 7. The summed E-state index contributed by atoms with van der Waals surface area (Å²) in [4.78, 5) is 0. The van der Waals surface area contributed by atoms with Crippen molar-refractivity contribution in [1.29, 1.82) is 0 Å². The van der Waals surface area contributed by atoms with Gasteiger partial charge in [0.05, 0.1) is 0 Å². The predicted molar refractivity (Wildman–Crippen MR) is 86.9 cm³/mol. The predicted octanol–water partition coefficient (Wildman–Crippen LogP) is 5.80. The Morgan fingerprint density at radius 3 is 2.21 bits per heavy atom. The molecule has 1 nitrogen and oxygen atoms in total. The van der Waals surface area contributed by atoms with Crippen LogP contribution in [-0.4, -0.2) is 6.54 Å². The summed E-state index contributed by atoms with van der Waals surface area (Å²) < 4.78 is 0. The average molecular weight is 261 g/mol. The molecular weight excluding hydrogens is 230 g/mol. The molecule has 0 bridgehead atoms. The van der Waals surface area contributed by atoms with Crippen LogP contribution in [0.3, 0.4) is 0 Å². The van der Waals surface area contributed by atoms with Gasteiger partial charge in [0.1, 0.15) is 0 Å². The first-order valence-corrected chi connectivity index (χ1v) is 8.19. The lowest BCUT2D eigenvalue weighted by Crippen LogP contribution is -2.01. The molecule has 1 heteroatoms. The van der Waals surface area contributed by atoms with E-state index in [-0.39, 0.29) is 0 Å². The van der Waals surface area contributed by atoms with E-state index in [0.717, 1.165) is 13.0 Å². The molecule has 19 heavy (non-hydrogen) atoms. The molecule has 0 saturated carbocycles. The molecule has 0 unspecified atom stereocenters. The van der Waals surface area contributed by atoms with E-state index in [1.54, 1.807) is 0 Å². The van der Waals surface area contributed by atoms with Crippen molar-refractivity contribution in [2.75, 3.05) is 11.9 Å². The number of anilines is 1. The van der Waals surface area contributed by atoms with E-state index in [9.17, 15) is 0 Å². The van der Waals surface area contributed by atoms with Crippen LogP contribution in [0.4, 0.5) is 5.69 Å². The summed E-state index contributed by atoms with van der Waals surface area (Å²) in [7, 11) is 0. The lowest BCUT2D eigenvalue weighted by Gasteiger charge is -2.07. The third-order valence-corrected chi connectivity index (χ3v) is 3.69. The molecule has 0 aliphatic rings. The number of hydrogen-bond donors (Lipinski definition) is 1. The van der Waals surface area contributed by atoms with Crippen LogP contribution in [-0.2, 0) is 6.42 Å². The summed E-state index contributed by atoms with van der Waals surface area (Å²) >= 11 is 0. The van der Waals surface area contributed by atoms with Gasteiger partial charge in [-0.1, -0.05) is 70.9 Å². The summed E-state index contributed by atoms with van der Waals surface area (Å²) in [5, 5.41) is 3.53. The molecule has 0 amide bonds. The second-order valence-corrected chi connectivity index (χ2v) is 5.46. The molecule has 1 N–H and O–H groups in total. The molecular formula is C18H31N. The molecule has 0 saturated heterocycles. The molecule has 1 rings (SSSR count). The van der Waals surface area contributed by atoms with Crippen molar-refractivity contribution in [2.45, 2.75) is 71.6 Å². The van der Waals surface area contributed by atoms with Gasteiger partial charge in [0.15, 0.2) is 0 Å². The molecule has 0 aliphatic heterocycles. The minimum Gasteiger partial charge on any atom is -0.385 e. The fraction of sp³-hybridized carbons (Fsp3) is 0.667. The number of nitrogens with one attached hydrogen (secondary N) is 1. The molecule has 0 heterocycles. The van der Waals surface area contributed by atoms with Crippen LogP contribution in [0.1, 0.15) is 70.8 Å². The molecule has 0 fully saturated rings. The van der Waals surface area contributed by atoms with Gasteiger partial charge >= 0.3 is 0 Å². The van der Waals surface area contributed by atoms with Gasteiger partial charge in [-0.2, -0.15) is 0 Å². The van der Waals surface area contributed by atoms with Crippen molar-refractivity contribution in [1.82, 2.24) is 0 Å². The Kier molecular flexibility index (Phi) is 9.22. The van der Waals surface area contributed by atoms with E-state index < -0.39 is 0 Å². The minimum atomic E-state index is 1.11. The minimum absolute atomic E-state index is 1.11. The zero-order chi connectivity index (χ0) is 13.8. The monoisotopic (exact) mass is 261 g/mol. The number of benzene rings is 1. The van der Waals surface area contributed by atoms with Crippen molar-refractivity contribution in [2.24, 2.45) is 0 Å². The zero-order valence-corrected chi connectivity index (χ0v) is 12.9. The van der Waals surface area contributed by atoms with Crippen molar-refractivity contribution in [3.05, 3.63) is 29.8 Å². The van der Waals surface area contributed by atoms with Crippen molar-refractivity contribution >= 4 is 5.69 Å². The van der Waals surface area contributed by atoms with Crippen molar-refractivity contribution in [3.63, 3.8) is 0 Å². The first-order valence-electron chi connectivity index (χ1n) is 8.19. The number of rotatable bonds is 11. The summed E-state index contributed by atoms with van der Waals surface area (Å²) in [6.45, 7) is 5.60. The Labute approximate surface area is 119 Å². The Balaban J connectivity index is 1.98. The SMILES string of the molecule is CCCCCCCCCCNc1cccc(CC)c1. The van der Waals surface area contributed by atoms with E-state index >= 15 is 0 Å². The fourth-order valence-corrected chi connectivity index (χ4v) is 2.39. The van der Waals surface area contributed by atoms with Crippen molar-refractivity contribution < 1.29 is 0 Å². The molecule has 1 aromatic carbocycles. The maximum absolute atomic E-state index is 3.53. The average Bonchev–Trinajstić information content (AvgIpc) is 2.46. The van der Waals surface area contributed by atoms with Crippen LogP contribution >= 0.6 is 0 Å². The normalized spacial score (nSPS) is 10.6. The van der Waals surface area contributed by atoms with E-state index in [1.807, 2.05) is 0 Å². The maximum atomic E-state index is 3.53. The molecule has 0 aromatic heterocycles. The Hall–Kier alpha value is -0.980. The quantitative estimate of drug-likeness (QED) is 0.496. The largest absolute Gasteiger partial charge is 0.385 e. The second-order valence-electron chi connectivity index (χ2n) is 5.46. The summed E-state index contributed by atoms with van der Waals surface area (Å²) in [6, 6.07) is 8.78. The molecule has 0 radical (unpaired) electrons. The van der Waals surface area contributed by atoms with E-state index in [2.05, 4.69) is 43.4 Å². The van der Waals surface area contributed by atoms with Gasteiger partial charge in [0.25, 0.3) is 0 Å². The molecule has 0 atom stereocenters. The number of aryl methyl sites for hydroxylation is 1. The van der Waals surface area contributed by atoms with Crippen LogP contribution in [0, 0.1) is 0 Å². The Morgan fingerprint density at radius 1 is 0.842 bits per heavy atom. The highest BCUT2D eigenvalue weighted by molar-refractivity contribution is 5.45. The van der Waals surface area contributed by atoms with Crippen molar-refractivity contribution in [3.8, 4) is 0 Å². The van der Waals surface area contributed by atoms with Crippen LogP contribution in [0.25, 0.3) is 0 Å². The van der Waals surface area contributed by atoms with Gasteiger partial charge in [-0.25, -0.2) is 0 Å². The lowest BCUT2D eigenvalue weighted by atomic mass is 10.1. The highest BCUT2D eigenvalue weighted by Crippen LogP contribution is 2.12. The van der Waals surface area contributed by atoms with E-state index in [1.165, 1.54) is 62.6 Å². The third-order valence-electron chi connectivity index (χ3n) is 3.69. The summed E-state index contributed by atoms with van der Waals surface area (Å²) in [6.07, 6.45) is 12.2. The van der Waals surface area contributed by atoms with Gasteiger partial charge in [0.2, 0.25) is 0 Å². The first-order chi connectivity index (χ1) is 9.36. The van der Waals surface area contributed by atoms with Crippen LogP contribution in [0.2, 0.25) is 0 Å². The van der Waals surface area contributed by atoms with E-state index in [4.69, 9.17) is 0 Å². The fourth-order valence-electron chi connectivity index (χ4n) is 2.39. The highest BCUT2D eigenvalue weighted by Gasteiger charge is 1.94. The smallest absolute Gasteiger partial charge is 0.0342 e. The van der Waals surface area contributed by atoms with Gasteiger partial charge in [0, 0.05) is 12.2 Å². The summed E-state index contributed by atoms with van der Waals surface area (Å²) in [5.74, 6) is 0. The molecule has 108 valence electrons. The highest BCUT2D eigenvalue weighted by atomic mass is 14.9. The topological polar surface area (TPSA) is 12.0 Å². The molecule has 1 aromatic rings. The zero-order valence-electron chi connectivity index (χ0n) is 12.9. The van der Waals surface area contributed by atoms with Gasteiger partial charge in [-0.05, 0) is 30.5 Å². The lowest BCUT2D eigenvalue weighted by molar-refractivity contribution is 0.581. The standard InChI is InChI=1S/C18H31N/c1-3-5-6-7-8-9-10-11-15-19-18-14-12-13-17(4-2)16-18/h12-14,16,19H,3-11,15H2,1-2H3. The Morgan fingerprint density at radius 2 is 1.53 bits per heavy atom. The number of hydrogen-bond acceptors (Lipinski definition) is 1. The maximum Gasteiger partial charge on any atom is 0.0342 e. The van der Waals surface area contributed by atoms with Crippen LogP contribution in [0.15, 0.2) is 24.3 Å². The van der Waals surface area contributed by atoms with Gasteiger partial charge in [-0.15, -0.1) is 0 Å². The summed E-state index contributed by atoms with van der Waals surface area (Å²) in [5.41, 5.74) is 2.70. The molecule has 0 aliphatic carbocycles.